The molecule has 2 aromatic rings. The van der Waals surface area contributed by atoms with Crippen LogP contribution >= 0.6 is 0 Å². The Labute approximate surface area is 173 Å². The van der Waals surface area contributed by atoms with E-state index in [9.17, 15) is 23.1 Å². The number of ether oxygens (including phenoxy) is 1. The van der Waals surface area contributed by atoms with E-state index in [1.807, 2.05) is 0 Å². The number of hydrogen-bond acceptors (Lipinski definition) is 8. The maximum absolute atomic E-state index is 12.5. The zero-order valence-corrected chi connectivity index (χ0v) is 17.5. The van der Waals surface area contributed by atoms with E-state index in [1.165, 1.54) is 32.2 Å². The molecule has 0 aliphatic rings. The predicted molar refractivity (Wildman–Crippen MR) is 108 cm³/mol. The molecule has 0 saturated carbocycles. The number of Topliss-reactive ketones (excluding diaryl/α,β-unsaturated/α-hetero) is 1. The van der Waals surface area contributed by atoms with Gasteiger partial charge in [-0.1, -0.05) is 6.07 Å². The minimum Gasteiger partial charge on any atom is -0.508 e. The Morgan fingerprint density at radius 3 is 2.50 bits per heavy atom. The summed E-state index contributed by atoms with van der Waals surface area (Å²) in [5.74, 6) is -1.55. The second-order valence-corrected chi connectivity index (χ2v) is 8.23. The predicted octanol–water partition coefficient (Wildman–Crippen LogP) is 2.66. The fourth-order valence-electron chi connectivity index (χ4n) is 2.62. The third kappa shape index (κ3) is 5.65. The van der Waals surface area contributed by atoms with Crippen LogP contribution in [0.15, 0.2) is 57.2 Å². The summed E-state index contributed by atoms with van der Waals surface area (Å²) >= 11 is 0. The van der Waals surface area contributed by atoms with E-state index in [0.717, 1.165) is 6.07 Å². The monoisotopic (exact) mass is 434 g/mol. The van der Waals surface area contributed by atoms with E-state index < -0.39 is 34.1 Å². The van der Waals surface area contributed by atoms with Gasteiger partial charge < -0.3 is 19.7 Å². The van der Waals surface area contributed by atoms with Crippen LogP contribution in [0.2, 0.25) is 0 Å². The number of sulfonamides is 1. The first-order valence-electron chi connectivity index (χ1n) is 8.81. The lowest BCUT2D eigenvalue weighted by Gasteiger charge is -2.11. The van der Waals surface area contributed by atoms with Crippen molar-refractivity contribution in [3.8, 4) is 0 Å². The molecule has 0 saturated heterocycles. The van der Waals surface area contributed by atoms with Gasteiger partial charge >= 0.3 is 5.97 Å². The first-order chi connectivity index (χ1) is 14.0. The van der Waals surface area contributed by atoms with Crippen LogP contribution in [0.4, 0.5) is 0 Å². The number of aliphatic hydroxyl groups is 1. The van der Waals surface area contributed by atoms with E-state index in [2.05, 4.69) is 4.72 Å². The van der Waals surface area contributed by atoms with Gasteiger partial charge in [-0.05, 0) is 50.6 Å². The van der Waals surface area contributed by atoms with Crippen LogP contribution in [0.1, 0.15) is 35.5 Å². The highest BCUT2D eigenvalue weighted by Gasteiger charge is 2.20. The average molecular weight is 434 g/mol. The Bertz CT molecular complexity index is 1080. The van der Waals surface area contributed by atoms with Gasteiger partial charge in [0, 0.05) is 5.71 Å². The van der Waals surface area contributed by atoms with Crippen LogP contribution in [0, 0.1) is 12.3 Å². The highest BCUT2D eigenvalue weighted by Crippen LogP contribution is 2.18. The van der Waals surface area contributed by atoms with Gasteiger partial charge in [-0.3, -0.25) is 4.79 Å². The number of carbonyl (C=O) groups excluding carboxylic acids is 2. The Kier molecular flexibility index (Phi) is 7.30. The number of allylic oxidation sites excluding steroid dienone is 1. The maximum atomic E-state index is 12.5. The first kappa shape index (κ1) is 23.0. The van der Waals surface area contributed by atoms with Gasteiger partial charge in [0.2, 0.25) is 10.0 Å². The van der Waals surface area contributed by atoms with Crippen molar-refractivity contribution in [2.24, 2.45) is 0 Å². The van der Waals surface area contributed by atoms with Crippen LogP contribution < -0.4 is 4.72 Å². The van der Waals surface area contributed by atoms with Crippen LogP contribution in [-0.4, -0.2) is 37.6 Å². The number of aliphatic hydroxyl groups excluding tert-OH is 1. The lowest BCUT2D eigenvalue weighted by molar-refractivity contribution is -0.113. The number of aryl methyl sites for hydroxylation is 1. The van der Waals surface area contributed by atoms with E-state index in [1.54, 1.807) is 19.1 Å². The van der Waals surface area contributed by atoms with Crippen molar-refractivity contribution in [3.05, 3.63) is 64.8 Å². The first-order valence-corrected chi connectivity index (χ1v) is 10.3. The average Bonchev–Trinajstić information content (AvgIpc) is 3.18. The molecular formula is C20H22N2O7S. The van der Waals surface area contributed by atoms with Gasteiger partial charge in [0.05, 0.1) is 28.8 Å². The summed E-state index contributed by atoms with van der Waals surface area (Å²) in [6, 6.07) is 7.21. The molecule has 0 radical (unpaired) electrons. The van der Waals surface area contributed by atoms with Gasteiger partial charge in [0.25, 0.3) is 0 Å². The molecule has 1 aromatic heterocycles. The molecule has 9 nitrogen and oxygen atoms in total. The quantitative estimate of drug-likeness (QED) is 0.238. The number of ketones is 1. The van der Waals surface area contributed by atoms with Gasteiger partial charge in [-0.25, -0.2) is 17.9 Å². The molecule has 0 bridgehead atoms. The highest BCUT2D eigenvalue weighted by atomic mass is 32.2. The van der Waals surface area contributed by atoms with E-state index in [-0.39, 0.29) is 28.3 Å². The standard InChI is InChI=1S/C20H22N2O7S/c1-12-6-7-16(30(26,27)22-10-15-5-4-8-28-15)9-17(12)20(25)29-11-18(24)19(13(2)21)14(3)23/h4-9,21-22,24H,10-11H2,1-3H3/b19-18-,21-13?. The maximum Gasteiger partial charge on any atom is 0.338 e. The van der Waals surface area contributed by atoms with Gasteiger partial charge in [-0.15, -0.1) is 0 Å². The molecule has 10 heteroatoms. The van der Waals surface area contributed by atoms with E-state index in [4.69, 9.17) is 14.6 Å². The smallest absolute Gasteiger partial charge is 0.338 e. The molecule has 160 valence electrons. The summed E-state index contributed by atoms with van der Waals surface area (Å²) in [6.07, 6.45) is 1.42. The third-order valence-electron chi connectivity index (χ3n) is 4.11. The van der Waals surface area contributed by atoms with Crippen LogP contribution in [0.5, 0.6) is 0 Å². The van der Waals surface area contributed by atoms with Crippen LogP contribution in [0.25, 0.3) is 0 Å². The third-order valence-corrected chi connectivity index (χ3v) is 5.51. The Balaban J connectivity index is 2.19. The normalized spacial score (nSPS) is 12.2. The summed E-state index contributed by atoms with van der Waals surface area (Å²) in [5.41, 5.74) is 0.0454. The molecule has 30 heavy (non-hydrogen) atoms. The number of carbonyl (C=O) groups is 2. The summed E-state index contributed by atoms with van der Waals surface area (Å²) in [7, 11) is -3.93. The van der Waals surface area contributed by atoms with Crippen LogP contribution in [-0.2, 0) is 26.1 Å². The Morgan fingerprint density at radius 2 is 1.93 bits per heavy atom. The van der Waals surface area contributed by atoms with Gasteiger partial charge in [0.1, 0.15) is 18.1 Å². The minimum atomic E-state index is -3.93. The summed E-state index contributed by atoms with van der Waals surface area (Å²) in [4.78, 5) is 23.8. The zero-order chi connectivity index (χ0) is 22.5. The van der Waals surface area contributed by atoms with E-state index >= 15 is 0 Å². The molecular weight excluding hydrogens is 412 g/mol. The molecule has 1 heterocycles. The van der Waals surface area contributed by atoms with Crippen molar-refractivity contribution in [3.63, 3.8) is 0 Å². The lowest BCUT2D eigenvalue weighted by Crippen LogP contribution is -2.23. The van der Waals surface area contributed by atoms with Crippen LogP contribution in [0.3, 0.4) is 0 Å². The highest BCUT2D eigenvalue weighted by molar-refractivity contribution is 7.89. The zero-order valence-electron chi connectivity index (χ0n) is 16.7. The number of hydrogen-bond donors (Lipinski definition) is 3. The Morgan fingerprint density at radius 1 is 1.23 bits per heavy atom. The molecule has 0 aliphatic carbocycles. The number of benzene rings is 1. The topological polar surface area (TPSA) is 147 Å². The van der Waals surface area contributed by atoms with Crippen molar-refractivity contribution in [1.29, 1.82) is 5.41 Å². The van der Waals surface area contributed by atoms with Crippen molar-refractivity contribution in [2.75, 3.05) is 6.61 Å². The lowest BCUT2D eigenvalue weighted by atomic mass is 10.1. The summed E-state index contributed by atoms with van der Waals surface area (Å²) < 4.78 is 37.5. The molecule has 3 N–H and O–H groups in total. The largest absolute Gasteiger partial charge is 0.508 e. The molecule has 2 rings (SSSR count). The van der Waals surface area contributed by atoms with Crippen molar-refractivity contribution in [1.82, 2.24) is 4.72 Å². The molecule has 0 spiro atoms. The number of rotatable bonds is 9. The molecule has 0 atom stereocenters. The SMILES string of the molecule is CC(=N)/C(C(C)=O)=C(/O)COC(=O)c1cc(S(=O)(=O)NCc2ccco2)ccc1C. The fraction of sp³-hybridized carbons (Fsp3) is 0.250. The van der Waals surface area contributed by atoms with Crippen molar-refractivity contribution >= 4 is 27.5 Å². The number of esters is 1. The number of nitrogens with one attached hydrogen (secondary N) is 2. The second kappa shape index (κ2) is 9.51. The molecule has 0 fully saturated rings. The Hall–Kier alpha value is -3.24. The van der Waals surface area contributed by atoms with Gasteiger partial charge in [0.15, 0.2) is 5.78 Å². The van der Waals surface area contributed by atoms with Gasteiger partial charge in [-0.2, -0.15) is 0 Å². The molecule has 0 aliphatic heterocycles. The molecule has 0 amide bonds. The summed E-state index contributed by atoms with van der Waals surface area (Å²) in [6.45, 7) is 3.42. The summed E-state index contributed by atoms with van der Waals surface area (Å²) in [5, 5.41) is 17.5. The minimum absolute atomic E-state index is 0.0142. The van der Waals surface area contributed by atoms with E-state index in [0.29, 0.717) is 11.3 Å². The molecule has 1 aromatic carbocycles. The second-order valence-electron chi connectivity index (χ2n) is 6.46. The van der Waals surface area contributed by atoms with Crippen molar-refractivity contribution in [2.45, 2.75) is 32.2 Å². The van der Waals surface area contributed by atoms with Crippen molar-refractivity contribution < 1.29 is 32.3 Å². The number of furan rings is 1. The molecule has 0 unspecified atom stereocenters. The fourth-order valence-corrected chi connectivity index (χ4v) is 3.64.